The second kappa shape index (κ2) is 6.17. The summed E-state index contributed by atoms with van der Waals surface area (Å²) in [6.07, 6.45) is 2.52. The van der Waals surface area contributed by atoms with Crippen LogP contribution in [0.25, 0.3) is 0 Å². The maximum absolute atomic E-state index is 4.46. The monoisotopic (exact) mass is 314 g/mol. The van der Waals surface area contributed by atoms with Gasteiger partial charge in [0.2, 0.25) is 0 Å². The summed E-state index contributed by atoms with van der Waals surface area (Å²) in [5.74, 6) is 0. The summed E-state index contributed by atoms with van der Waals surface area (Å²) in [5, 5.41) is 8.05. The molecule has 0 bridgehead atoms. The molecular formula is C13H23BrN4. The average molecular weight is 315 g/mol. The van der Waals surface area contributed by atoms with Gasteiger partial charge in [-0.3, -0.25) is 9.58 Å². The van der Waals surface area contributed by atoms with Crippen molar-refractivity contribution < 1.29 is 0 Å². The van der Waals surface area contributed by atoms with Gasteiger partial charge in [-0.05, 0) is 29.3 Å². The minimum atomic E-state index is 0.650. The molecular weight excluding hydrogens is 292 g/mol. The van der Waals surface area contributed by atoms with Crippen LogP contribution in [0, 0.1) is 6.92 Å². The summed E-state index contributed by atoms with van der Waals surface area (Å²) >= 11 is 3.65. The number of piperazine rings is 1. The number of hydrogen-bond acceptors (Lipinski definition) is 3. The van der Waals surface area contributed by atoms with E-state index < -0.39 is 0 Å². The van der Waals surface area contributed by atoms with Crippen LogP contribution in [0.1, 0.15) is 31.2 Å². The summed E-state index contributed by atoms with van der Waals surface area (Å²) in [6, 6.07) is 0.650. The lowest BCUT2D eigenvalue weighted by Gasteiger charge is -2.33. The van der Waals surface area contributed by atoms with E-state index in [4.69, 9.17) is 0 Å². The van der Waals surface area contributed by atoms with Crippen molar-refractivity contribution in [2.45, 2.75) is 39.3 Å². The molecule has 0 amide bonds. The zero-order valence-corrected chi connectivity index (χ0v) is 13.1. The van der Waals surface area contributed by atoms with Gasteiger partial charge in [-0.15, -0.1) is 0 Å². The predicted molar refractivity (Wildman–Crippen MR) is 77.6 cm³/mol. The fourth-order valence-electron chi connectivity index (χ4n) is 2.64. The van der Waals surface area contributed by atoms with Gasteiger partial charge in [-0.25, -0.2) is 0 Å². The van der Waals surface area contributed by atoms with Gasteiger partial charge in [-0.1, -0.05) is 13.3 Å². The first kappa shape index (κ1) is 14.0. The van der Waals surface area contributed by atoms with Gasteiger partial charge in [0.05, 0.1) is 15.9 Å². The molecule has 1 atom stereocenters. The van der Waals surface area contributed by atoms with Crippen LogP contribution in [0.4, 0.5) is 0 Å². The third-order valence-electron chi connectivity index (χ3n) is 3.61. The van der Waals surface area contributed by atoms with Crippen molar-refractivity contribution in [1.29, 1.82) is 0 Å². The Morgan fingerprint density at radius 2 is 2.28 bits per heavy atom. The summed E-state index contributed by atoms with van der Waals surface area (Å²) < 4.78 is 3.16. The smallest absolute Gasteiger partial charge is 0.0739 e. The number of aromatic nitrogens is 2. The summed E-state index contributed by atoms with van der Waals surface area (Å²) in [4.78, 5) is 2.53. The summed E-state index contributed by atoms with van der Waals surface area (Å²) in [7, 11) is 2.03. The van der Waals surface area contributed by atoms with Crippen LogP contribution in [0.5, 0.6) is 0 Å². The van der Waals surface area contributed by atoms with Crippen molar-refractivity contribution in [3.05, 3.63) is 15.9 Å². The molecule has 2 rings (SSSR count). The van der Waals surface area contributed by atoms with Crippen LogP contribution in [-0.2, 0) is 13.6 Å². The molecule has 1 aliphatic rings. The van der Waals surface area contributed by atoms with E-state index in [1.807, 2.05) is 18.7 Å². The number of nitrogens with zero attached hydrogens (tertiary/aromatic N) is 3. The van der Waals surface area contributed by atoms with Crippen molar-refractivity contribution in [3.8, 4) is 0 Å². The molecule has 0 aliphatic carbocycles. The van der Waals surface area contributed by atoms with E-state index in [0.717, 1.165) is 36.3 Å². The second-order valence-corrected chi connectivity index (χ2v) is 5.94. The normalized spacial score (nSPS) is 21.4. The zero-order chi connectivity index (χ0) is 13.1. The standard InChI is InChI=1S/C13H23BrN4/c1-4-5-11-8-18(7-6-15-11)9-12-13(14)10(2)16-17(12)3/h11,15H,4-9H2,1-3H3. The van der Waals surface area contributed by atoms with Crippen molar-refractivity contribution >= 4 is 15.9 Å². The maximum atomic E-state index is 4.46. The quantitative estimate of drug-likeness (QED) is 0.923. The van der Waals surface area contributed by atoms with Gasteiger partial charge >= 0.3 is 0 Å². The molecule has 1 fully saturated rings. The molecule has 0 saturated carbocycles. The minimum Gasteiger partial charge on any atom is -0.311 e. The van der Waals surface area contributed by atoms with Crippen LogP contribution >= 0.6 is 15.9 Å². The summed E-state index contributed by atoms with van der Waals surface area (Å²) in [6.45, 7) is 8.65. The highest BCUT2D eigenvalue weighted by Crippen LogP contribution is 2.22. The Kier molecular flexibility index (Phi) is 4.81. The molecule has 1 aromatic rings. The van der Waals surface area contributed by atoms with Crippen LogP contribution in [-0.4, -0.2) is 40.4 Å². The van der Waals surface area contributed by atoms with Gasteiger partial charge in [-0.2, -0.15) is 5.10 Å². The number of halogens is 1. The molecule has 1 unspecified atom stereocenters. The van der Waals surface area contributed by atoms with Crippen LogP contribution < -0.4 is 5.32 Å². The largest absolute Gasteiger partial charge is 0.311 e. The highest BCUT2D eigenvalue weighted by atomic mass is 79.9. The minimum absolute atomic E-state index is 0.650. The number of rotatable bonds is 4. The van der Waals surface area contributed by atoms with E-state index in [0.29, 0.717) is 6.04 Å². The van der Waals surface area contributed by atoms with E-state index in [2.05, 4.69) is 38.2 Å². The number of hydrogen-bond donors (Lipinski definition) is 1. The Morgan fingerprint density at radius 1 is 1.50 bits per heavy atom. The van der Waals surface area contributed by atoms with E-state index in [-0.39, 0.29) is 0 Å². The molecule has 102 valence electrons. The first-order valence-electron chi connectivity index (χ1n) is 6.75. The summed E-state index contributed by atoms with van der Waals surface area (Å²) in [5.41, 5.74) is 2.36. The number of aryl methyl sites for hydroxylation is 2. The lowest BCUT2D eigenvalue weighted by atomic mass is 10.1. The van der Waals surface area contributed by atoms with Gasteiger partial charge in [0.1, 0.15) is 0 Å². The van der Waals surface area contributed by atoms with Crippen LogP contribution in [0.2, 0.25) is 0 Å². The Hall–Kier alpha value is -0.390. The van der Waals surface area contributed by atoms with Crippen LogP contribution in [0.3, 0.4) is 0 Å². The van der Waals surface area contributed by atoms with Gasteiger partial charge in [0.15, 0.2) is 0 Å². The van der Waals surface area contributed by atoms with E-state index in [1.165, 1.54) is 18.5 Å². The topological polar surface area (TPSA) is 33.1 Å². The number of nitrogens with one attached hydrogen (secondary N) is 1. The predicted octanol–water partition coefficient (Wildman–Crippen LogP) is 2.06. The van der Waals surface area contributed by atoms with E-state index >= 15 is 0 Å². The SMILES string of the molecule is CCCC1CN(Cc2c(Br)c(C)nn2C)CCN1. The molecule has 18 heavy (non-hydrogen) atoms. The highest BCUT2D eigenvalue weighted by molar-refractivity contribution is 9.10. The molecule has 5 heteroatoms. The third-order valence-corrected chi connectivity index (χ3v) is 4.64. The molecule has 1 N–H and O–H groups in total. The molecule has 2 heterocycles. The first-order chi connectivity index (χ1) is 8.61. The second-order valence-electron chi connectivity index (χ2n) is 5.14. The molecule has 1 saturated heterocycles. The lowest BCUT2D eigenvalue weighted by molar-refractivity contribution is 0.182. The molecule has 4 nitrogen and oxygen atoms in total. The van der Waals surface area contributed by atoms with Crippen molar-refractivity contribution in [1.82, 2.24) is 20.0 Å². The molecule has 0 aromatic carbocycles. The van der Waals surface area contributed by atoms with Crippen molar-refractivity contribution in [3.63, 3.8) is 0 Å². The first-order valence-corrected chi connectivity index (χ1v) is 7.54. The molecule has 1 aliphatic heterocycles. The maximum Gasteiger partial charge on any atom is 0.0739 e. The lowest BCUT2D eigenvalue weighted by Crippen LogP contribution is -2.50. The fourth-order valence-corrected chi connectivity index (χ4v) is 3.10. The Labute approximate surface area is 118 Å². The van der Waals surface area contributed by atoms with Crippen LogP contribution in [0.15, 0.2) is 4.47 Å². The van der Waals surface area contributed by atoms with Crippen molar-refractivity contribution in [2.24, 2.45) is 7.05 Å². The fraction of sp³-hybridized carbons (Fsp3) is 0.769. The Morgan fingerprint density at radius 3 is 2.89 bits per heavy atom. The zero-order valence-electron chi connectivity index (χ0n) is 11.5. The third kappa shape index (κ3) is 3.13. The van der Waals surface area contributed by atoms with E-state index in [9.17, 15) is 0 Å². The highest BCUT2D eigenvalue weighted by Gasteiger charge is 2.21. The molecule has 0 spiro atoms. The van der Waals surface area contributed by atoms with Crippen molar-refractivity contribution in [2.75, 3.05) is 19.6 Å². The molecule has 0 radical (unpaired) electrons. The molecule has 1 aromatic heterocycles. The van der Waals surface area contributed by atoms with Gasteiger partial charge in [0.25, 0.3) is 0 Å². The average Bonchev–Trinajstić information content (AvgIpc) is 2.57. The van der Waals surface area contributed by atoms with E-state index in [1.54, 1.807) is 0 Å². The van der Waals surface area contributed by atoms with Gasteiger partial charge < -0.3 is 5.32 Å². The van der Waals surface area contributed by atoms with Gasteiger partial charge in [0, 0.05) is 39.3 Å². The Balaban J connectivity index is 2.00. The Bertz CT molecular complexity index is 400.